The van der Waals surface area contributed by atoms with E-state index in [0.717, 1.165) is 6.42 Å². The van der Waals surface area contributed by atoms with Gasteiger partial charge in [-0.15, -0.1) is 0 Å². The van der Waals surface area contributed by atoms with E-state index in [1.54, 1.807) is 0 Å². The van der Waals surface area contributed by atoms with Crippen molar-refractivity contribution in [1.29, 1.82) is 0 Å². The van der Waals surface area contributed by atoms with E-state index in [1.807, 2.05) is 0 Å². The van der Waals surface area contributed by atoms with E-state index < -0.39 is 8.24 Å². The number of aliphatic hydroxyl groups excluding tert-OH is 1. The van der Waals surface area contributed by atoms with Crippen LogP contribution >= 0.6 is 0 Å². The summed E-state index contributed by atoms with van der Waals surface area (Å²) in [6.45, 7) is 14.5. The number of rotatable bonds is 5. The van der Waals surface area contributed by atoms with Gasteiger partial charge in [-0.2, -0.15) is 0 Å². The van der Waals surface area contributed by atoms with E-state index in [4.69, 9.17) is 0 Å². The third-order valence-electron chi connectivity index (χ3n) is 6.09. The monoisotopic (exact) mass is 329 g/mol. The Labute approximate surface area is 141 Å². The number of hydrogen-bond donors (Lipinski definition) is 1. The van der Waals surface area contributed by atoms with Gasteiger partial charge in [0.05, 0.1) is 6.10 Å². The molecule has 1 aromatic carbocycles. The number of hydrogen-bond acceptors (Lipinski definition) is 1. The lowest BCUT2D eigenvalue weighted by Crippen LogP contribution is -2.51. The van der Waals surface area contributed by atoms with Gasteiger partial charge in [-0.1, -0.05) is 59.7 Å². The lowest BCUT2D eigenvalue weighted by Gasteiger charge is -2.44. The third-order valence-corrected chi connectivity index (χ3v) is 12.8. The minimum atomic E-state index is -1.75. The Balaban J connectivity index is 2.29. The Kier molecular flexibility index (Phi) is 4.22. The van der Waals surface area contributed by atoms with Crippen molar-refractivity contribution in [3.63, 3.8) is 0 Å². The van der Waals surface area contributed by atoms with Gasteiger partial charge < -0.3 is 9.34 Å². The van der Waals surface area contributed by atoms with E-state index in [-0.39, 0.29) is 6.10 Å². The van der Waals surface area contributed by atoms with Crippen molar-refractivity contribution in [1.82, 2.24) is 4.23 Å². The third kappa shape index (κ3) is 2.40. The van der Waals surface area contributed by atoms with E-state index >= 15 is 0 Å². The fourth-order valence-electron chi connectivity index (χ4n) is 5.17. The Hall–Kier alpha value is -1.06. The van der Waals surface area contributed by atoms with Crippen LogP contribution < -0.4 is 0 Å². The highest BCUT2D eigenvalue weighted by molar-refractivity contribution is 6.82. The number of aliphatic hydroxyl groups is 1. The highest BCUT2D eigenvalue weighted by Gasteiger charge is 2.47. The van der Waals surface area contributed by atoms with Crippen molar-refractivity contribution in [2.75, 3.05) is 0 Å². The first-order chi connectivity index (χ1) is 10.8. The zero-order valence-electron chi connectivity index (χ0n) is 15.4. The number of fused-ring (bicyclic) bond motifs is 1. The van der Waals surface area contributed by atoms with Crippen molar-refractivity contribution in [3.8, 4) is 0 Å². The summed E-state index contributed by atoms with van der Waals surface area (Å²) in [6.07, 6.45) is 3.20. The van der Waals surface area contributed by atoms with Crippen LogP contribution in [0.4, 0.5) is 0 Å². The Bertz CT molecular complexity index is 679. The van der Waals surface area contributed by atoms with E-state index in [2.05, 4.69) is 76.2 Å². The van der Waals surface area contributed by atoms with E-state index in [1.165, 1.54) is 16.5 Å². The SMILES string of the molecule is CC(C)[Si](C(C)C)(C(C)C)n1cc([C@H]2C[C@@H]2O)c2ccccc21. The fourth-order valence-corrected chi connectivity index (χ4v) is 11.8. The molecule has 0 amide bonds. The fraction of sp³-hybridized carbons (Fsp3) is 0.600. The molecule has 126 valence electrons. The second-order valence-electron chi connectivity index (χ2n) is 8.23. The molecular formula is C20H31NOSi. The minimum Gasteiger partial charge on any atom is -0.392 e. The summed E-state index contributed by atoms with van der Waals surface area (Å²) < 4.78 is 2.68. The Morgan fingerprint density at radius 2 is 1.52 bits per heavy atom. The molecule has 0 radical (unpaired) electrons. The molecule has 0 unspecified atom stereocenters. The van der Waals surface area contributed by atoms with Crippen molar-refractivity contribution in [3.05, 3.63) is 36.0 Å². The zero-order chi connectivity index (χ0) is 16.9. The van der Waals surface area contributed by atoms with Crippen LogP contribution in [-0.4, -0.2) is 23.7 Å². The number of benzene rings is 1. The second kappa shape index (κ2) is 5.78. The molecule has 3 rings (SSSR count). The van der Waals surface area contributed by atoms with Gasteiger partial charge in [0, 0.05) is 16.8 Å². The molecule has 1 aliphatic carbocycles. The van der Waals surface area contributed by atoms with Gasteiger partial charge in [0.15, 0.2) is 8.24 Å². The van der Waals surface area contributed by atoms with Crippen LogP contribution in [0.1, 0.15) is 59.4 Å². The van der Waals surface area contributed by atoms with Gasteiger partial charge in [-0.25, -0.2) is 0 Å². The Morgan fingerprint density at radius 1 is 1.00 bits per heavy atom. The molecule has 2 nitrogen and oxygen atoms in total. The first-order valence-electron chi connectivity index (χ1n) is 9.10. The van der Waals surface area contributed by atoms with Gasteiger partial charge >= 0.3 is 0 Å². The highest BCUT2D eigenvalue weighted by atomic mass is 28.3. The standard InChI is InChI=1S/C20H31NOSi/c1-13(2)23(14(3)4,15(5)6)21-12-18(17-11-20(17)22)16-9-7-8-10-19(16)21/h7-10,12-15,17,20,22H,11H2,1-6H3/t17-,20+/m1/s1. The molecule has 0 bridgehead atoms. The van der Waals surface area contributed by atoms with Gasteiger partial charge in [-0.05, 0) is 40.9 Å². The van der Waals surface area contributed by atoms with Crippen LogP contribution in [0.3, 0.4) is 0 Å². The molecule has 0 aliphatic heterocycles. The summed E-state index contributed by atoms with van der Waals surface area (Å²) in [7, 11) is -1.75. The average Bonchev–Trinajstić information content (AvgIpc) is 3.07. The van der Waals surface area contributed by atoms with Gasteiger partial charge in [0.1, 0.15) is 0 Å². The normalized spacial score (nSPS) is 21.8. The maximum Gasteiger partial charge on any atom is 0.169 e. The second-order valence-corrected chi connectivity index (χ2v) is 14.0. The molecule has 0 spiro atoms. The zero-order valence-corrected chi connectivity index (χ0v) is 16.4. The van der Waals surface area contributed by atoms with Crippen molar-refractivity contribution in [2.24, 2.45) is 0 Å². The molecule has 2 atom stereocenters. The smallest absolute Gasteiger partial charge is 0.169 e. The summed E-state index contributed by atoms with van der Waals surface area (Å²) in [5.74, 6) is 0.347. The molecule has 1 saturated carbocycles. The van der Waals surface area contributed by atoms with Crippen molar-refractivity contribution >= 4 is 19.1 Å². The first-order valence-corrected chi connectivity index (χ1v) is 11.3. The van der Waals surface area contributed by atoms with Crippen molar-refractivity contribution in [2.45, 2.75) is 76.6 Å². The maximum absolute atomic E-state index is 9.98. The molecule has 1 aliphatic rings. The average molecular weight is 330 g/mol. The van der Waals surface area contributed by atoms with Crippen LogP contribution in [0.15, 0.2) is 30.5 Å². The van der Waals surface area contributed by atoms with E-state index in [0.29, 0.717) is 22.5 Å². The lowest BCUT2D eigenvalue weighted by atomic mass is 10.1. The molecule has 0 saturated heterocycles. The largest absolute Gasteiger partial charge is 0.392 e. The summed E-state index contributed by atoms with van der Waals surface area (Å²) in [5.41, 5.74) is 4.78. The molecule has 1 heterocycles. The van der Waals surface area contributed by atoms with Gasteiger partial charge in [0.2, 0.25) is 0 Å². The van der Waals surface area contributed by atoms with Gasteiger partial charge in [0.25, 0.3) is 0 Å². The minimum absolute atomic E-state index is 0.137. The maximum atomic E-state index is 9.98. The van der Waals surface area contributed by atoms with Crippen LogP contribution in [-0.2, 0) is 0 Å². The van der Waals surface area contributed by atoms with E-state index in [9.17, 15) is 5.11 Å². The summed E-state index contributed by atoms with van der Waals surface area (Å²) in [6, 6.07) is 8.81. The summed E-state index contributed by atoms with van der Waals surface area (Å²) >= 11 is 0. The molecule has 2 aromatic rings. The van der Waals surface area contributed by atoms with Crippen LogP contribution in [0, 0.1) is 0 Å². The molecule has 1 fully saturated rings. The van der Waals surface area contributed by atoms with Crippen LogP contribution in [0.2, 0.25) is 16.6 Å². The lowest BCUT2D eigenvalue weighted by molar-refractivity contribution is 0.272. The predicted molar refractivity (Wildman–Crippen MR) is 102 cm³/mol. The molecule has 1 N–H and O–H groups in total. The topological polar surface area (TPSA) is 25.2 Å². The highest BCUT2D eigenvalue weighted by Crippen LogP contribution is 2.49. The molecule has 23 heavy (non-hydrogen) atoms. The first kappa shape index (κ1) is 16.8. The molecule has 3 heteroatoms. The molecular weight excluding hydrogens is 298 g/mol. The summed E-state index contributed by atoms with van der Waals surface area (Å²) in [5, 5.41) is 11.3. The molecule has 1 aromatic heterocycles. The quantitative estimate of drug-likeness (QED) is 0.719. The van der Waals surface area contributed by atoms with Crippen molar-refractivity contribution < 1.29 is 5.11 Å². The number of para-hydroxylation sites is 1. The number of aromatic nitrogens is 1. The van der Waals surface area contributed by atoms with Crippen LogP contribution in [0.25, 0.3) is 10.9 Å². The van der Waals surface area contributed by atoms with Crippen LogP contribution in [0.5, 0.6) is 0 Å². The Morgan fingerprint density at radius 3 is 2.00 bits per heavy atom. The predicted octanol–water partition coefficient (Wildman–Crippen LogP) is 5.51. The summed E-state index contributed by atoms with van der Waals surface area (Å²) in [4.78, 5) is 0. The van der Waals surface area contributed by atoms with Gasteiger partial charge in [-0.3, -0.25) is 0 Å². The number of nitrogens with zero attached hydrogens (tertiary/aromatic N) is 1.